The van der Waals surface area contributed by atoms with E-state index in [0.717, 1.165) is 10.8 Å². The van der Waals surface area contributed by atoms with Crippen molar-refractivity contribution in [3.05, 3.63) is 45.7 Å². The van der Waals surface area contributed by atoms with E-state index in [1.54, 1.807) is 6.92 Å². The van der Waals surface area contributed by atoms with E-state index in [4.69, 9.17) is 4.55 Å². The zero-order valence-electron chi connectivity index (χ0n) is 14.9. The van der Waals surface area contributed by atoms with E-state index in [1.165, 1.54) is 31.2 Å². The summed E-state index contributed by atoms with van der Waals surface area (Å²) < 4.78 is 55.7. The minimum Gasteiger partial charge on any atom is -0.493 e. The molecule has 3 N–H and O–H groups in total. The van der Waals surface area contributed by atoms with Crippen molar-refractivity contribution in [2.24, 2.45) is 0 Å². The number of nitrogens with zero attached hydrogens (tertiary/aromatic N) is 1. The smallest absolute Gasteiger partial charge is 0.269 e. The number of anilines is 2. The molecule has 1 heterocycles. The standard InChI is InChI=1S/C16H20N2O7S2/c1-4-18-15(19)13(9-27(23,24)25)10(2)14(16(18)20)17-11-5-7-12(8-6-11)26(3,21)22/h5-8,17,20H,4,9H2,1-3H3,(H,23,24,25). The van der Waals surface area contributed by atoms with Gasteiger partial charge in [-0.15, -0.1) is 0 Å². The van der Waals surface area contributed by atoms with Crippen molar-refractivity contribution in [1.82, 2.24) is 4.57 Å². The Balaban J connectivity index is 2.59. The maximum Gasteiger partial charge on any atom is 0.269 e. The summed E-state index contributed by atoms with van der Waals surface area (Å²) in [7, 11) is -7.83. The molecule has 0 bridgehead atoms. The van der Waals surface area contributed by atoms with Crippen molar-refractivity contribution in [2.75, 3.05) is 11.6 Å². The molecule has 1 aromatic heterocycles. The molecule has 0 spiro atoms. The number of nitrogens with one attached hydrogen (secondary N) is 1. The number of hydrogen-bond donors (Lipinski definition) is 3. The van der Waals surface area contributed by atoms with Crippen LogP contribution in [0, 0.1) is 6.92 Å². The molecule has 2 rings (SSSR count). The molecule has 0 saturated heterocycles. The largest absolute Gasteiger partial charge is 0.493 e. The summed E-state index contributed by atoms with van der Waals surface area (Å²) in [6.45, 7) is 3.11. The van der Waals surface area contributed by atoms with E-state index in [1.807, 2.05) is 0 Å². The van der Waals surface area contributed by atoms with Crippen molar-refractivity contribution in [3.63, 3.8) is 0 Å². The van der Waals surface area contributed by atoms with Gasteiger partial charge in [0.05, 0.1) is 4.90 Å². The molecular weight excluding hydrogens is 396 g/mol. The Hall–Kier alpha value is -2.37. The molecule has 0 fully saturated rings. The molecule has 27 heavy (non-hydrogen) atoms. The van der Waals surface area contributed by atoms with Gasteiger partial charge in [-0.25, -0.2) is 8.42 Å². The average molecular weight is 416 g/mol. The van der Waals surface area contributed by atoms with E-state index in [2.05, 4.69) is 5.32 Å². The molecule has 0 amide bonds. The van der Waals surface area contributed by atoms with Crippen molar-refractivity contribution >= 4 is 31.3 Å². The van der Waals surface area contributed by atoms with Crippen molar-refractivity contribution in [2.45, 2.75) is 31.0 Å². The molecule has 0 atom stereocenters. The second kappa shape index (κ2) is 7.33. The molecule has 0 aliphatic rings. The molecular formula is C16H20N2O7S2. The predicted octanol–water partition coefficient (Wildman–Crippen LogP) is 1.42. The lowest BCUT2D eigenvalue weighted by Crippen LogP contribution is -2.27. The number of pyridine rings is 1. The Morgan fingerprint density at radius 3 is 2.11 bits per heavy atom. The molecule has 2 aromatic rings. The highest BCUT2D eigenvalue weighted by atomic mass is 32.2. The number of aromatic nitrogens is 1. The monoisotopic (exact) mass is 416 g/mol. The van der Waals surface area contributed by atoms with Crippen LogP contribution in [0.1, 0.15) is 18.1 Å². The fourth-order valence-electron chi connectivity index (χ4n) is 2.60. The second-order valence-electron chi connectivity index (χ2n) is 6.00. The summed E-state index contributed by atoms with van der Waals surface area (Å²) >= 11 is 0. The van der Waals surface area contributed by atoms with Crippen LogP contribution in [-0.4, -0.2) is 37.3 Å². The van der Waals surface area contributed by atoms with Gasteiger partial charge < -0.3 is 10.4 Å². The SMILES string of the molecule is CCn1c(O)c(Nc2ccc(S(C)(=O)=O)cc2)c(C)c(CS(=O)(=O)O)c1=O. The molecule has 0 aliphatic carbocycles. The van der Waals surface area contributed by atoms with Gasteiger partial charge >= 0.3 is 0 Å². The summed E-state index contributed by atoms with van der Waals surface area (Å²) in [5.74, 6) is -1.29. The number of benzene rings is 1. The molecule has 1 aromatic carbocycles. The zero-order chi connectivity index (χ0) is 20.6. The van der Waals surface area contributed by atoms with Crippen LogP contribution in [0.25, 0.3) is 0 Å². The minimum atomic E-state index is -4.46. The lowest BCUT2D eigenvalue weighted by atomic mass is 10.1. The minimum absolute atomic E-state index is 0.0745. The van der Waals surface area contributed by atoms with Crippen LogP contribution in [0.3, 0.4) is 0 Å². The highest BCUT2D eigenvalue weighted by Crippen LogP contribution is 2.31. The van der Waals surface area contributed by atoms with E-state index in [0.29, 0.717) is 5.69 Å². The Labute approximate surface area is 157 Å². The summed E-state index contributed by atoms with van der Waals surface area (Å²) in [5, 5.41) is 13.3. The number of hydrogen-bond acceptors (Lipinski definition) is 7. The van der Waals surface area contributed by atoms with Gasteiger partial charge in [-0.3, -0.25) is 13.9 Å². The van der Waals surface area contributed by atoms with Gasteiger partial charge in [0, 0.05) is 24.1 Å². The summed E-state index contributed by atoms with van der Waals surface area (Å²) in [6.07, 6.45) is 1.07. The zero-order valence-corrected chi connectivity index (χ0v) is 16.6. The molecule has 11 heteroatoms. The van der Waals surface area contributed by atoms with Crippen molar-refractivity contribution in [1.29, 1.82) is 0 Å². The van der Waals surface area contributed by atoms with Crippen LogP contribution in [0.15, 0.2) is 34.0 Å². The first-order valence-electron chi connectivity index (χ1n) is 7.82. The Kier molecular flexibility index (Phi) is 5.68. The van der Waals surface area contributed by atoms with E-state index < -0.39 is 37.1 Å². The molecule has 148 valence electrons. The third-order valence-corrected chi connectivity index (χ3v) is 5.79. The van der Waals surface area contributed by atoms with Crippen molar-refractivity contribution in [3.8, 4) is 5.88 Å². The lowest BCUT2D eigenvalue weighted by molar-refractivity contribution is 0.412. The van der Waals surface area contributed by atoms with Gasteiger partial charge in [-0.05, 0) is 43.7 Å². The first-order valence-corrected chi connectivity index (χ1v) is 11.3. The van der Waals surface area contributed by atoms with Crippen LogP contribution in [-0.2, 0) is 32.3 Å². The number of sulfone groups is 1. The molecule has 9 nitrogen and oxygen atoms in total. The van der Waals surface area contributed by atoms with Crippen LogP contribution < -0.4 is 10.9 Å². The second-order valence-corrected chi connectivity index (χ2v) is 9.47. The molecule has 0 saturated carbocycles. The predicted molar refractivity (Wildman–Crippen MR) is 101 cm³/mol. The van der Waals surface area contributed by atoms with Gasteiger partial charge in [0.1, 0.15) is 11.4 Å². The van der Waals surface area contributed by atoms with Gasteiger partial charge in [0.2, 0.25) is 5.88 Å². The van der Waals surface area contributed by atoms with Gasteiger partial charge in [0.15, 0.2) is 9.84 Å². The van der Waals surface area contributed by atoms with Crippen LogP contribution >= 0.6 is 0 Å². The highest BCUT2D eigenvalue weighted by molar-refractivity contribution is 7.90. The van der Waals surface area contributed by atoms with Crippen molar-refractivity contribution < 1.29 is 26.5 Å². The van der Waals surface area contributed by atoms with Gasteiger partial charge in [0.25, 0.3) is 15.7 Å². The summed E-state index contributed by atoms with van der Waals surface area (Å²) in [6, 6.07) is 5.69. The molecule has 0 unspecified atom stereocenters. The third-order valence-electron chi connectivity index (χ3n) is 4.01. The fraction of sp³-hybridized carbons (Fsp3) is 0.312. The van der Waals surface area contributed by atoms with Crippen LogP contribution in [0.4, 0.5) is 11.4 Å². The Morgan fingerprint density at radius 2 is 1.67 bits per heavy atom. The van der Waals surface area contributed by atoms with E-state index >= 15 is 0 Å². The molecule has 0 aliphatic heterocycles. The fourth-order valence-corrected chi connectivity index (χ4v) is 3.93. The van der Waals surface area contributed by atoms with Crippen LogP contribution in [0.2, 0.25) is 0 Å². The number of aromatic hydroxyl groups is 1. The van der Waals surface area contributed by atoms with Gasteiger partial charge in [-0.2, -0.15) is 8.42 Å². The topological polar surface area (TPSA) is 143 Å². The first-order chi connectivity index (χ1) is 12.3. The summed E-state index contributed by atoms with van der Waals surface area (Å²) in [4.78, 5) is 12.5. The highest BCUT2D eigenvalue weighted by Gasteiger charge is 2.22. The quantitative estimate of drug-likeness (QED) is 0.600. The van der Waals surface area contributed by atoms with E-state index in [9.17, 15) is 26.7 Å². The maximum atomic E-state index is 12.4. The average Bonchev–Trinajstić information content (AvgIpc) is 2.55. The summed E-state index contributed by atoms with van der Waals surface area (Å²) in [5.41, 5.74) is -0.232. The van der Waals surface area contributed by atoms with Crippen LogP contribution in [0.5, 0.6) is 5.88 Å². The Bertz CT molecular complexity index is 1130. The Morgan fingerprint density at radius 1 is 1.11 bits per heavy atom. The number of rotatable bonds is 6. The third kappa shape index (κ3) is 4.67. The lowest BCUT2D eigenvalue weighted by Gasteiger charge is -2.18. The molecule has 0 radical (unpaired) electrons. The van der Waals surface area contributed by atoms with E-state index in [-0.39, 0.29) is 28.3 Å². The normalized spacial score (nSPS) is 12.1. The first kappa shape index (κ1) is 20.9. The van der Waals surface area contributed by atoms with Gasteiger partial charge in [-0.1, -0.05) is 0 Å². The maximum absolute atomic E-state index is 12.4.